The van der Waals surface area contributed by atoms with E-state index in [1.165, 1.54) is 22.3 Å². The molecule has 3 rings (SSSR count). The van der Waals surface area contributed by atoms with Gasteiger partial charge < -0.3 is 5.32 Å². The number of thiocarbonyl (C=S) groups is 1. The number of anilines is 1. The average Bonchev–Trinajstić information content (AvgIpc) is 3.14. The van der Waals surface area contributed by atoms with Crippen LogP contribution in [-0.4, -0.2) is 11.0 Å². The molecule has 0 aliphatic heterocycles. The van der Waals surface area contributed by atoms with Crippen molar-refractivity contribution in [3.05, 3.63) is 56.9 Å². The quantitative estimate of drug-likeness (QED) is 0.609. The smallest absolute Gasteiger partial charge is 0.250 e. The molecule has 0 atom stereocenters. The van der Waals surface area contributed by atoms with E-state index in [0.717, 1.165) is 30.4 Å². The number of hydrogen-bond donors (Lipinski definition) is 2. The van der Waals surface area contributed by atoms with E-state index in [1.807, 2.05) is 12.1 Å². The number of thiophene rings is 1. The molecule has 1 heterocycles. The van der Waals surface area contributed by atoms with Crippen LogP contribution < -0.4 is 10.6 Å². The topological polar surface area (TPSA) is 64.9 Å². The van der Waals surface area contributed by atoms with Crippen molar-refractivity contribution in [3.8, 4) is 6.07 Å². The van der Waals surface area contributed by atoms with Gasteiger partial charge in [0, 0.05) is 16.0 Å². The minimum atomic E-state index is -0.338. The summed E-state index contributed by atoms with van der Waals surface area (Å²) in [7, 11) is 0. The van der Waals surface area contributed by atoms with Crippen LogP contribution in [0.5, 0.6) is 0 Å². The van der Waals surface area contributed by atoms with Gasteiger partial charge in [-0.3, -0.25) is 10.1 Å². The van der Waals surface area contributed by atoms with Gasteiger partial charge in [0.05, 0.1) is 5.56 Å². The van der Waals surface area contributed by atoms with Crippen molar-refractivity contribution in [2.75, 3.05) is 5.32 Å². The number of rotatable bonds is 3. The van der Waals surface area contributed by atoms with E-state index in [0.29, 0.717) is 15.6 Å². The van der Waals surface area contributed by atoms with Gasteiger partial charge in [-0.1, -0.05) is 23.7 Å². The highest BCUT2D eigenvalue weighted by Gasteiger charge is 2.22. The Bertz CT molecular complexity index is 894. The minimum absolute atomic E-state index is 0.183. The Morgan fingerprint density at radius 2 is 2.08 bits per heavy atom. The Morgan fingerprint density at radius 1 is 1.32 bits per heavy atom. The van der Waals surface area contributed by atoms with Gasteiger partial charge in [-0.2, -0.15) is 5.26 Å². The molecule has 25 heavy (non-hydrogen) atoms. The van der Waals surface area contributed by atoms with Crippen molar-refractivity contribution in [2.45, 2.75) is 19.3 Å². The zero-order valence-electron chi connectivity index (χ0n) is 13.1. The molecule has 1 aromatic carbocycles. The molecule has 2 aromatic rings. The van der Waals surface area contributed by atoms with Gasteiger partial charge in [-0.15, -0.1) is 11.3 Å². The number of nitrogens with one attached hydrogen (secondary N) is 2. The summed E-state index contributed by atoms with van der Waals surface area (Å²) >= 11 is 12.5. The molecule has 1 aromatic heterocycles. The Hall–Kier alpha value is -2.20. The fraction of sp³-hybridized carbons (Fsp3) is 0.167. The van der Waals surface area contributed by atoms with Crippen LogP contribution in [0.2, 0.25) is 5.02 Å². The molecule has 126 valence electrons. The summed E-state index contributed by atoms with van der Waals surface area (Å²) < 4.78 is 0. The van der Waals surface area contributed by atoms with Crippen molar-refractivity contribution >= 4 is 57.3 Å². The molecule has 2 N–H and O–H groups in total. The number of fused-ring (bicyclic) bond motifs is 1. The third-order valence-corrected chi connectivity index (χ3v) is 5.46. The number of hydrogen-bond acceptors (Lipinski definition) is 4. The van der Waals surface area contributed by atoms with E-state index in [2.05, 4.69) is 16.7 Å². The Balaban J connectivity index is 1.60. The molecule has 0 unspecified atom stereocenters. The van der Waals surface area contributed by atoms with E-state index in [4.69, 9.17) is 23.8 Å². The van der Waals surface area contributed by atoms with Crippen LogP contribution in [0.3, 0.4) is 0 Å². The Morgan fingerprint density at radius 3 is 2.80 bits per heavy atom. The van der Waals surface area contributed by atoms with Crippen LogP contribution in [0, 0.1) is 11.3 Å². The minimum Gasteiger partial charge on any atom is -0.323 e. The predicted octanol–water partition coefficient (Wildman–Crippen LogP) is 4.29. The third-order valence-electron chi connectivity index (χ3n) is 3.79. The summed E-state index contributed by atoms with van der Waals surface area (Å²) in [6, 6.07) is 9.38. The Labute approximate surface area is 160 Å². The molecule has 1 amide bonds. The molecule has 4 nitrogen and oxygen atoms in total. The summed E-state index contributed by atoms with van der Waals surface area (Å²) in [5, 5.41) is 16.5. The summed E-state index contributed by atoms with van der Waals surface area (Å²) in [6.45, 7) is 0. The van der Waals surface area contributed by atoms with Crippen LogP contribution in [0.15, 0.2) is 30.3 Å². The van der Waals surface area contributed by atoms with Crippen LogP contribution in [-0.2, 0) is 17.6 Å². The lowest BCUT2D eigenvalue weighted by molar-refractivity contribution is -0.115. The molecule has 0 radical (unpaired) electrons. The highest BCUT2D eigenvalue weighted by atomic mass is 35.5. The van der Waals surface area contributed by atoms with Crippen LogP contribution in [0.1, 0.15) is 28.0 Å². The summed E-state index contributed by atoms with van der Waals surface area (Å²) in [5.74, 6) is -0.338. The molecular formula is C18H14ClN3OS2. The number of benzene rings is 1. The third kappa shape index (κ3) is 4.26. The SMILES string of the molecule is N#Cc1c(NC(=S)NC(=O)/C=C/c2ccc(Cl)cc2)sc2c1CCC2. The van der Waals surface area contributed by atoms with Gasteiger partial charge in [0.1, 0.15) is 11.1 Å². The number of carbonyl (C=O) groups excluding carboxylic acids is 1. The number of aryl methyl sites for hydroxylation is 1. The summed E-state index contributed by atoms with van der Waals surface area (Å²) in [5.41, 5.74) is 2.62. The lowest BCUT2D eigenvalue weighted by Crippen LogP contribution is -2.32. The number of nitriles is 1. The maximum absolute atomic E-state index is 12.0. The van der Waals surface area contributed by atoms with E-state index >= 15 is 0 Å². The lowest BCUT2D eigenvalue weighted by atomic mass is 10.1. The van der Waals surface area contributed by atoms with E-state index in [-0.39, 0.29) is 11.0 Å². The molecule has 1 aliphatic rings. The lowest BCUT2D eigenvalue weighted by Gasteiger charge is -2.07. The van der Waals surface area contributed by atoms with Gasteiger partial charge in [0.25, 0.3) is 0 Å². The molecule has 0 spiro atoms. The molecule has 0 saturated heterocycles. The standard InChI is InChI=1S/C18H14ClN3OS2/c19-12-7-4-11(5-8-12)6-9-16(23)21-18(24)22-17-14(10-20)13-2-1-3-15(13)25-17/h4-9H,1-3H2,(H2,21,22,23,24)/b9-6+. The van der Waals surface area contributed by atoms with Crippen molar-refractivity contribution in [1.29, 1.82) is 5.26 Å². The largest absolute Gasteiger partial charge is 0.323 e. The van der Waals surface area contributed by atoms with Crippen LogP contribution in [0.25, 0.3) is 6.08 Å². The fourth-order valence-electron chi connectivity index (χ4n) is 2.64. The van der Waals surface area contributed by atoms with Crippen molar-refractivity contribution < 1.29 is 4.79 Å². The van der Waals surface area contributed by atoms with Gasteiger partial charge in [0.15, 0.2) is 5.11 Å². The number of carbonyl (C=O) groups is 1. The summed E-state index contributed by atoms with van der Waals surface area (Å²) in [6.07, 6.45) is 6.09. The second kappa shape index (κ2) is 7.79. The normalized spacial score (nSPS) is 12.6. The number of halogens is 1. The molecule has 7 heteroatoms. The van der Waals surface area contributed by atoms with Gasteiger partial charge in [-0.05, 0) is 60.8 Å². The van der Waals surface area contributed by atoms with E-state index < -0.39 is 0 Å². The monoisotopic (exact) mass is 387 g/mol. The van der Waals surface area contributed by atoms with Crippen molar-refractivity contribution in [1.82, 2.24) is 5.32 Å². The average molecular weight is 388 g/mol. The zero-order chi connectivity index (χ0) is 17.8. The first-order valence-corrected chi connectivity index (χ1v) is 9.27. The first kappa shape index (κ1) is 17.6. The molecule has 0 saturated carbocycles. The second-order valence-corrected chi connectivity index (χ2v) is 7.45. The fourth-order valence-corrected chi connectivity index (χ4v) is 4.28. The first-order valence-electron chi connectivity index (χ1n) is 7.67. The maximum atomic E-state index is 12.0. The Kier molecular flexibility index (Phi) is 5.49. The van der Waals surface area contributed by atoms with Crippen LogP contribution in [0.4, 0.5) is 5.00 Å². The van der Waals surface area contributed by atoms with Crippen molar-refractivity contribution in [3.63, 3.8) is 0 Å². The summed E-state index contributed by atoms with van der Waals surface area (Å²) in [4.78, 5) is 13.2. The van der Waals surface area contributed by atoms with Crippen LogP contribution >= 0.6 is 35.2 Å². The second-order valence-electron chi connectivity index (χ2n) is 5.50. The highest BCUT2D eigenvalue weighted by molar-refractivity contribution is 7.80. The molecular weight excluding hydrogens is 374 g/mol. The number of nitrogens with zero attached hydrogens (tertiary/aromatic N) is 1. The number of amides is 1. The van der Waals surface area contributed by atoms with E-state index in [9.17, 15) is 10.1 Å². The zero-order valence-corrected chi connectivity index (χ0v) is 15.5. The molecule has 0 bridgehead atoms. The predicted molar refractivity (Wildman–Crippen MR) is 106 cm³/mol. The molecule has 0 fully saturated rings. The van der Waals surface area contributed by atoms with Gasteiger partial charge in [-0.25, -0.2) is 0 Å². The molecule has 1 aliphatic carbocycles. The van der Waals surface area contributed by atoms with Gasteiger partial charge in [0.2, 0.25) is 5.91 Å². The maximum Gasteiger partial charge on any atom is 0.250 e. The van der Waals surface area contributed by atoms with Crippen molar-refractivity contribution in [2.24, 2.45) is 0 Å². The first-order chi connectivity index (χ1) is 12.1. The van der Waals surface area contributed by atoms with E-state index in [1.54, 1.807) is 18.2 Å². The highest BCUT2D eigenvalue weighted by Crippen LogP contribution is 2.38. The van der Waals surface area contributed by atoms with Gasteiger partial charge >= 0.3 is 0 Å².